The molecule has 0 fully saturated rings. The van der Waals surface area contributed by atoms with E-state index in [1.54, 1.807) is 6.07 Å². The Hall–Kier alpha value is -1.91. The molecule has 6 heteroatoms. The molecule has 0 aliphatic carbocycles. The molecule has 0 bridgehead atoms. The van der Waals surface area contributed by atoms with Crippen LogP contribution in [0.15, 0.2) is 54.6 Å². The molecule has 5 nitrogen and oxygen atoms in total. The average molecular weight is 294 g/mol. The van der Waals surface area contributed by atoms with E-state index in [0.29, 0.717) is 5.75 Å². The van der Waals surface area contributed by atoms with Crippen LogP contribution >= 0.6 is 7.82 Å². The zero-order chi connectivity index (χ0) is 15.0. The normalized spacial score (nSPS) is 10.9. The summed E-state index contributed by atoms with van der Waals surface area (Å²) >= 11 is 0. The first-order chi connectivity index (χ1) is 9.36. The maximum Gasteiger partial charge on any atom is 0.466 e. The van der Waals surface area contributed by atoms with Crippen molar-refractivity contribution in [2.45, 2.75) is 0 Å². The molecule has 0 aliphatic rings. The molecule has 2 aromatic carbocycles. The highest BCUT2D eigenvalue weighted by atomic mass is 31.2. The largest absolute Gasteiger partial charge is 0.507 e. The van der Waals surface area contributed by atoms with Crippen molar-refractivity contribution in [2.75, 3.05) is 0 Å². The van der Waals surface area contributed by atoms with Crippen LogP contribution in [0, 0.1) is 0 Å². The second kappa shape index (κ2) is 7.62. The van der Waals surface area contributed by atoms with Gasteiger partial charge in [-0.15, -0.1) is 0 Å². The van der Waals surface area contributed by atoms with Crippen molar-refractivity contribution in [1.29, 1.82) is 0 Å². The number of hydrogen-bond donors (Lipinski definition) is 4. The molecule has 106 valence electrons. The summed E-state index contributed by atoms with van der Waals surface area (Å²) in [6, 6.07) is 17.3. The summed E-state index contributed by atoms with van der Waals surface area (Å²) < 4.78 is 8.88. The van der Waals surface area contributed by atoms with Crippen LogP contribution in [0.4, 0.5) is 0 Å². The van der Waals surface area contributed by atoms with Gasteiger partial charge in [0.25, 0.3) is 0 Å². The summed E-state index contributed by atoms with van der Waals surface area (Å²) in [5, 5.41) is 9.54. The Bertz CT molecular complexity index is 596. The van der Waals surface area contributed by atoms with E-state index in [2.05, 4.69) is 0 Å². The lowest BCUT2D eigenvalue weighted by Crippen LogP contribution is -1.73. The number of rotatable bonds is 2. The molecular weight excluding hydrogens is 279 g/mol. The third-order valence-electron chi connectivity index (χ3n) is 2.19. The lowest BCUT2D eigenvalue weighted by atomic mass is 10.1. The van der Waals surface area contributed by atoms with Crippen LogP contribution in [-0.2, 0) is 4.57 Å². The fourth-order valence-corrected chi connectivity index (χ4v) is 1.38. The van der Waals surface area contributed by atoms with Gasteiger partial charge < -0.3 is 19.8 Å². The molecule has 2 rings (SSSR count). The molecule has 0 aromatic heterocycles. The third kappa shape index (κ3) is 7.51. The van der Waals surface area contributed by atoms with Gasteiger partial charge in [-0.2, -0.15) is 0 Å². The quantitative estimate of drug-likeness (QED) is 0.504. The summed E-state index contributed by atoms with van der Waals surface area (Å²) in [7, 11) is -4.64. The maximum atomic E-state index is 9.54. The molecule has 0 spiro atoms. The lowest BCUT2D eigenvalue weighted by Gasteiger charge is -1.97. The summed E-state index contributed by atoms with van der Waals surface area (Å²) in [5.41, 5.74) is 1.96. The second-order valence-electron chi connectivity index (χ2n) is 3.82. The van der Waals surface area contributed by atoms with Crippen molar-refractivity contribution in [3.05, 3.63) is 65.7 Å². The highest BCUT2D eigenvalue weighted by Gasteiger charge is 2.00. The SMILES string of the molecule is O=P(O)(O)O.Oc1ccccc1/C=C/c1ccccc1. The van der Waals surface area contributed by atoms with Gasteiger partial charge in [0.05, 0.1) is 0 Å². The zero-order valence-corrected chi connectivity index (χ0v) is 11.4. The van der Waals surface area contributed by atoms with E-state index in [9.17, 15) is 5.11 Å². The monoisotopic (exact) mass is 294 g/mol. The molecule has 0 aliphatic heterocycles. The van der Waals surface area contributed by atoms with Gasteiger partial charge in [-0.05, 0) is 11.6 Å². The Labute approximate surface area is 116 Å². The van der Waals surface area contributed by atoms with E-state index in [0.717, 1.165) is 11.1 Å². The molecule has 20 heavy (non-hydrogen) atoms. The second-order valence-corrected chi connectivity index (χ2v) is 4.84. The molecule has 0 heterocycles. The maximum absolute atomic E-state index is 9.54. The van der Waals surface area contributed by atoms with Gasteiger partial charge >= 0.3 is 7.82 Å². The van der Waals surface area contributed by atoms with Gasteiger partial charge in [0, 0.05) is 5.56 Å². The number of phenolic OH excluding ortho intramolecular Hbond substituents is 1. The molecule has 0 saturated carbocycles. The van der Waals surface area contributed by atoms with Crippen molar-refractivity contribution >= 4 is 20.0 Å². The van der Waals surface area contributed by atoms with Gasteiger partial charge in [0.1, 0.15) is 5.75 Å². The van der Waals surface area contributed by atoms with Crippen molar-refractivity contribution in [3.8, 4) is 5.75 Å². The summed E-state index contributed by atoms with van der Waals surface area (Å²) in [5.74, 6) is 0.310. The summed E-state index contributed by atoms with van der Waals surface area (Å²) in [4.78, 5) is 21.6. The fourth-order valence-electron chi connectivity index (χ4n) is 1.38. The van der Waals surface area contributed by atoms with E-state index in [1.165, 1.54) is 0 Å². The topological polar surface area (TPSA) is 98.0 Å². The minimum atomic E-state index is -4.64. The van der Waals surface area contributed by atoms with Crippen LogP contribution in [-0.4, -0.2) is 19.8 Å². The molecule has 0 radical (unpaired) electrons. The van der Waals surface area contributed by atoms with Crippen LogP contribution < -0.4 is 0 Å². The first kappa shape index (κ1) is 16.1. The molecular formula is C14H15O5P. The minimum absolute atomic E-state index is 0.310. The Morgan fingerprint density at radius 1 is 0.800 bits per heavy atom. The van der Waals surface area contributed by atoms with Crippen molar-refractivity contribution in [3.63, 3.8) is 0 Å². The van der Waals surface area contributed by atoms with E-state index < -0.39 is 7.82 Å². The van der Waals surface area contributed by atoms with Crippen LogP contribution in [0.3, 0.4) is 0 Å². The van der Waals surface area contributed by atoms with Crippen LogP contribution in [0.25, 0.3) is 12.2 Å². The lowest BCUT2D eigenvalue weighted by molar-refractivity contribution is 0.275. The Balaban J connectivity index is 0.000000347. The van der Waals surface area contributed by atoms with E-state index in [1.807, 2.05) is 60.7 Å². The Morgan fingerprint density at radius 3 is 1.85 bits per heavy atom. The van der Waals surface area contributed by atoms with Gasteiger partial charge in [0.15, 0.2) is 0 Å². The van der Waals surface area contributed by atoms with Gasteiger partial charge in [0.2, 0.25) is 0 Å². The van der Waals surface area contributed by atoms with E-state index >= 15 is 0 Å². The van der Waals surface area contributed by atoms with Gasteiger partial charge in [-0.3, -0.25) is 0 Å². The van der Waals surface area contributed by atoms with Crippen molar-refractivity contribution in [2.24, 2.45) is 0 Å². The number of phosphoric acid groups is 1. The molecule has 4 N–H and O–H groups in total. The van der Waals surface area contributed by atoms with Crippen LogP contribution in [0.5, 0.6) is 5.75 Å². The van der Waals surface area contributed by atoms with Gasteiger partial charge in [-0.1, -0.05) is 60.7 Å². The third-order valence-corrected chi connectivity index (χ3v) is 2.19. The van der Waals surface area contributed by atoms with Crippen molar-refractivity contribution in [1.82, 2.24) is 0 Å². The smallest absolute Gasteiger partial charge is 0.466 e. The highest BCUT2D eigenvalue weighted by Crippen LogP contribution is 2.25. The number of phenols is 1. The number of para-hydroxylation sites is 1. The van der Waals surface area contributed by atoms with E-state index in [4.69, 9.17) is 19.2 Å². The first-order valence-electron chi connectivity index (χ1n) is 5.65. The fraction of sp³-hybridized carbons (Fsp3) is 0. The number of benzene rings is 2. The number of hydrogen-bond acceptors (Lipinski definition) is 2. The first-order valence-corrected chi connectivity index (χ1v) is 7.22. The predicted octanol–water partition coefficient (Wildman–Crippen LogP) is 2.63. The van der Waals surface area contributed by atoms with Crippen LogP contribution in [0.1, 0.15) is 11.1 Å². The predicted molar refractivity (Wildman–Crippen MR) is 77.7 cm³/mol. The zero-order valence-electron chi connectivity index (χ0n) is 10.5. The molecule has 2 aromatic rings. The van der Waals surface area contributed by atoms with Gasteiger partial charge in [-0.25, -0.2) is 4.57 Å². The molecule has 0 saturated heterocycles. The summed E-state index contributed by atoms with van der Waals surface area (Å²) in [6.07, 6.45) is 3.89. The summed E-state index contributed by atoms with van der Waals surface area (Å²) in [6.45, 7) is 0. The Morgan fingerprint density at radius 2 is 1.30 bits per heavy atom. The number of aromatic hydroxyl groups is 1. The molecule has 0 atom stereocenters. The molecule has 0 unspecified atom stereocenters. The van der Waals surface area contributed by atoms with Crippen LogP contribution in [0.2, 0.25) is 0 Å². The van der Waals surface area contributed by atoms with E-state index in [-0.39, 0.29) is 0 Å². The highest BCUT2D eigenvalue weighted by molar-refractivity contribution is 7.45. The molecule has 0 amide bonds. The Kier molecular flexibility index (Phi) is 6.15. The van der Waals surface area contributed by atoms with Crippen molar-refractivity contribution < 1.29 is 24.4 Å². The standard InChI is InChI=1S/C14H12O.H3O4P/c15-14-9-5-4-8-13(14)11-10-12-6-2-1-3-7-12;1-5(2,3)4/h1-11,15H;(H3,1,2,3,4)/b11-10+;. The minimum Gasteiger partial charge on any atom is -0.507 e. The average Bonchev–Trinajstić information content (AvgIpc) is 2.37.